The Morgan fingerprint density at radius 3 is 2.33 bits per heavy atom. The lowest BCUT2D eigenvalue weighted by Crippen LogP contribution is -2.44. The Morgan fingerprint density at radius 1 is 1.17 bits per heavy atom. The van der Waals surface area contributed by atoms with Crippen molar-refractivity contribution >= 4 is 0 Å². The fourth-order valence-electron chi connectivity index (χ4n) is 3.73. The molecule has 0 aromatic carbocycles. The molecule has 18 heavy (non-hydrogen) atoms. The van der Waals surface area contributed by atoms with Gasteiger partial charge in [0.1, 0.15) is 0 Å². The van der Waals surface area contributed by atoms with Crippen LogP contribution in [0.5, 0.6) is 0 Å². The Morgan fingerprint density at radius 2 is 1.83 bits per heavy atom. The van der Waals surface area contributed by atoms with Gasteiger partial charge in [-0.05, 0) is 43.4 Å². The first-order valence-electron chi connectivity index (χ1n) is 7.89. The first-order chi connectivity index (χ1) is 8.47. The largest absolute Gasteiger partial charge is 0.393 e. The second-order valence-corrected chi connectivity index (χ2v) is 7.36. The van der Waals surface area contributed by atoms with Crippen LogP contribution >= 0.6 is 0 Å². The molecule has 2 saturated carbocycles. The van der Waals surface area contributed by atoms with Gasteiger partial charge < -0.3 is 5.11 Å². The molecule has 0 radical (unpaired) electrons. The van der Waals surface area contributed by atoms with Crippen LogP contribution in [-0.2, 0) is 0 Å². The predicted octanol–water partition coefficient (Wildman–Crippen LogP) is 3.15. The third-order valence-corrected chi connectivity index (χ3v) is 4.75. The molecule has 0 amide bonds. The first kappa shape index (κ1) is 14.3. The minimum atomic E-state index is -0.0721. The number of aliphatic hydroxyl groups excluding tert-OH is 1. The van der Waals surface area contributed by atoms with Crippen LogP contribution in [0.15, 0.2) is 0 Å². The maximum absolute atomic E-state index is 10.4. The topological polar surface area (TPSA) is 23.5 Å². The third-order valence-electron chi connectivity index (χ3n) is 4.75. The summed E-state index contributed by atoms with van der Waals surface area (Å²) in [5.41, 5.74) is 0. The van der Waals surface area contributed by atoms with Gasteiger partial charge in [-0.2, -0.15) is 0 Å². The Hall–Kier alpha value is -0.0800. The summed E-state index contributed by atoms with van der Waals surface area (Å²) in [6.45, 7) is 11.6. The number of hydrogen-bond acceptors (Lipinski definition) is 2. The molecule has 2 aliphatic carbocycles. The SMILES string of the molecule is CC(C)CN(CC1C(C)CC(C)CC1O)C1CC1. The molecule has 2 rings (SSSR count). The summed E-state index contributed by atoms with van der Waals surface area (Å²) < 4.78 is 0. The highest BCUT2D eigenvalue weighted by Gasteiger charge is 2.37. The van der Waals surface area contributed by atoms with Crippen molar-refractivity contribution in [2.45, 2.75) is 65.5 Å². The number of hydrogen-bond donors (Lipinski definition) is 1. The average Bonchev–Trinajstić information content (AvgIpc) is 3.04. The molecule has 106 valence electrons. The first-order valence-corrected chi connectivity index (χ1v) is 7.89. The van der Waals surface area contributed by atoms with E-state index in [1.807, 2.05) is 0 Å². The summed E-state index contributed by atoms with van der Waals surface area (Å²) >= 11 is 0. The third kappa shape index (κ3) is 3.71. The second kappa shape index (κ2) is 5.92. The molecule has 4 unspecified atom stereocenters. The molecule has 0 aromatic rings. The Bertz CT molecular complexity index is 250. The van der Waals surface area contributed by atoms with Gasteiger partial charge in [0.05, 0.1) is 6.10 Å². The molecule has 0 bridgehead atoms. The molecular formula is C16H31NO. The molecule has 0 spiro atoms. The summed E-state index contributed by atoms with van der Waals surface area (Å²) in [6, 6.07) is 0.825. The molecule has 0 saturated heterocycles. The number of nitrogens with zero attached hydrogens (tertiary/aromatic N) is 1. The lowest BCUT2D eigenvalue weighted by atomic mass is 9.73. The Labute approximate surface area is 113 Å². The van der Waals surface area contributed by atoms with Gasteiger partial charge in [-0.15, -0.1) is 0 Å². The Kier molecular flexibility index (Phi) is 4.71. The molecular weight excluding hydrogens is 222 g/mol. The summed E-state index contributed by atoms with van der Waals surface area (Å²) in [7, 11) is 0. The van der Waals surface area contributed by atoms with E-state index >= 15 is 0 Å². The smallest absolute Gasteiger partial charge is 0.0585 e. The van der Waals surface area contributed by atoms with Gasteiger partial charge in [0.2, 0.25) is 0 Å². The summed E-state index contributed by atoms with van der Waals surface area (Å²) in [4.78, 5) is 2.66. The van der Waals surface area contributed by atoms with E-state index in [9.17, 15) is 5.11 Å². The van der Waals surface area contributed by atoms with Crippen LogP contribution in [0.25, 0.3) is 0 Å². The van der Waals surface area contributed by atoms with Crippen LogP contribution in [0.4, 0.5) is 0 Å². The van der Waals surface area contributed by atoms with Gasteiger partial charge in [-0.25, -0.2) is 0 Å². The second-order valence-electron chi connectivity index (χ2n) is 7.36. The normalized spacial score (nSPS) is 37.5. The van der Waals surface area contributed by atoms with Gasteiger partial charge in [0.15, 0.2) is 0 Å². The van der Waals surface area contributed by atoms with Gasteiger partial charge in [-0.3, -0.25) is 4.90 Å². The molecule has 1 N–H and O–H groups in total. The fraction of sp³-hybridized carbons (Fsp3) is 1.00. The Balaban J connectivity index is 1.92. The highest BCUT2D eigenvalue weighted by Crippen LogP contribution is 2.36. The van der Waals surface area contributed by atoms with Gasteiger partial charge in [0, 0.05) is 25.0 Å². The van der Waals surface area contributed by atoms with E-state index in [1.165, 1.54) is 25.8 Å². The van der Waals surface area contributed by atoms with Crippen molar-refractivity contribution in [3.05, 3.63) is 0 Å². The monoisotopic (exact) mass is 253 g/mol. The molecule has 2 fully saturated rings. The van der Waals surface area contributed by atoms with E-state index in [2.05, 4.69) is 32.6 Å². The van der Waals surface area contributed by atoms with Crippen molar-refractivity contribution < 1.29 is 5.11 Å². The molecule has 2 nitrogen and oxygen atoms in total. The van der Waals surface area contributed by atoms with E-state index in [-0.39, 0.29) is 6.10 Å². The molecule has 2 heteroatoms. The maximum atomic E-state index is 10.4. The van der Waals surface area contributed by atoms with E-state index in [1.54, 1.807) is 0 Å². The lowest BCUT2D eigenvalue weighted by molar-refractivity contribution is -0.00502. The van der Waals surface area contributed by atoms with Crippen LogP contribution in [-0.4, -0.2) is 35.2 Å². The van der Waals surface area contributed by atoms with Crippen molar-refractivity contribution in [3.8, 4) is 0 Å². The zero-order valence-electron chi connectivity index (χ0n) is 12.6. The minimum Gasteiger partial charge on any atom is -0.393 e. The van der Waals surface area contributed by atoms with Gasteiger partial charge in [-0.1, -0.05) is 27.7 Å². The van der Waals surface area contributed by atoms with Crippen molar-refractivity contribution in [2.75, 3.05) is 13.1 Å². The number of aliphatic hydroxyl groups is 1. The molecule has 0 aromatic heterocycles. The summed E-state index contributed by atoms with van der Waals surface area (Å²) in [5, 5.41) is 10.4. The van der Waals surface area contributed by atoms with Crippen molar-refractivity contribution in [1.29, 1.82) is 0 Å². The zero-order chi connectivity index (χ0) is 13.3. The van der Waals surface area contributed by atoms with Crippen LogP contribution in [0, 0.1) is 23.7 Å². The highest BCUT2D eigenvalue weighted by atomic mass is 16.3. The average molecular weight is 253 g/mol. The zero-order valence-corrected chi connectivity index (χ0v) is 12.6. The van der Waals surface area contributed by atoms with Crippen molar-refractivity contribution in [3.63, 3.8) is 0 Å². The highest BCUT2D eigenvalue weighted by molar-refractivity contribution is 4.90. The van der Waals surface area contributed by atoms with E-state index in [0.29, 0.717) is 17.8 Å². The molecule has 0 aliphatic heterocycles. The molecule has 4 atom stereocenters. The minimum absolute atomic E-state index is 0.0721. The summed E-state index contributed by atoms with van der Waals surface area (Å²) in [5.74, 6) is 2.61. The van der Waals surface area contributed by atoms with E-state index in [0.717, 1.165) is 24.9 Å². The van der Waals surface area contributed by atoms with Crippen LogP contribution in [0.2, 0.25) is 0 Å². The predicted molar refractivity (Wildman–Crippen MR) is 76.5 cm³/mol. The number of rotatable bonds is 5. The van der Waals surface area contributed by atoms with Gasteiger partial charge >= 0.3 is 0 Å². The van der Waals surface area contributed by atoms with Gasteiger partial charge in [0.25, 0.3) is 0 Å². The van der Waals surface area contributed by atoms with E-state index < -0.39 is 0 Å². The lowest BCUT2D eigenvalue weighted by Gasteiger charge is -2.40. The van der Waals surface area contributed by atoms with Crippen molar-refractivity contribution in [2.24, 2.45) is 23.7 Å². The summed E-state index contributed by atoms with van der Waals surface area (Å²) in [6.07, 6.45) is 4.98. The fourth-order valence-corrected chi connectivity index (χ4v) is 3.73. The van der Waals surface area contributed by atoms with Crippen LogP contribution in [0.1, 0.15) is 53.4 Å². The quantitative estimate of drug-likeness (QED) is 0.813. The van der Waals surface area contributed by atoms with Crippen LogP contribution < -0.4 is 0 Å². The van der Waals surface area contributed by atoms with Crippen molar-refractivity contribution in [1.82, 2.24) is 4.90 Å². The standard InChI is InChI=1S/C16H31NO/c1-11(2)9-17(14-5-6-14)10-15-13(4)7-12(3)8-16(15)18/h11-16,18H,5-10H2,1-4H3. The van der Waals surface area contributed by atoms with Crippen LogP contribution in [0.3, 0.4) is 0 Å². The van der Waals surface area contributed by atoms with E-state index in [4.69, 9.17) is 0 Å². The maximum Gasteiger partial charge on any atom is 0.0585 e. The molecule has 0 heterocycles. The molecule has 2 aliphatic rings.